The number of amides is 1. The minimum Gasteiger partial charge on any atom is -0.348 e. The van der Waals surface area contributed by atoms with E-state index in [9.17, 15) is 4.79 Å². The number of nitrogens with one attached hydrogen (secondary N) is 1. The third-order valence-corrected chi connectivity index (χ3v) is 2.05. The van der Waals surface area contributed by atoms with E-state index in [1.165, 1.54) is 12.8 Å². The molecule has 0 spiro atoms. The van der Waals surface area contributed by atoms with Crippen LogP contribution in [0.5, 0.6) is 0 Å². The average Bonchev–Trinajstić information content (AvgIpc) is 2.04. The highest BCUT2D eigenvalue weighted by atomic mass is 16.2. The number of likely N-dealkylation sites (N-methyl/N-ethyl adjacent to an activating group) is 1. The standard InChI is InChI=1S/C10H22N2O/c1-5-6-9(2)7-11-8-10(13)12(3)4/h9,11H,5-8H2,1-4H3. The van der Waals surface area contributed by atoms with Gasteiger partial charge in [-0.15, -0.1) is 0 Å². The summed E-state index contributed by atoms with van der Waals surface area (Å²) in [7, 11) is 3.55. The molecule has 1 unspecified atom stereocenters. The average molecular weight is 186 g/mol. The van der Waals surface area contributed by atoms with Gasteiger partial charge >= 0.3 is 0 Å². The first kappa shape index (κ1) is 12.4. The zero-order chi connectivity index (χ0) is 10.3. The summed E-state index contributed by atoms with van der Waals surface area (Å²) in [6, 6.07) is 0. The summed E-state index contributed by atoms with van der Waals surface area (Å²) in [5.41, 5.74) is 0. The lowest BCUT2D eigenvalue weighted by Crippen LogP contribution is -2.34. The van der Waals surface area contributed by atoms with Gasteiger partial charge < -0.3 is 10.2 Å². The Kier molecular flexibility index (Phi) is 6.59. The lowest BCUT2D eigenvalue weighted by Gasteiger charge is -2.13. The molecule has 0 aromatic rings. The van der Waals surface area contributed by atoms with Crippen molar-refractivity contribution in [3.8, 4) is 0 Å². The third-order valence-electron chi connectivity index (χ3n) is 2.05. The van der Waals surface area contributed by atoms with E-state index in [-0.39, 0.29) is 5.91 Å². The zero-order valence-corrected chi connectivity index (χ0v) is 9.26. The van der Waals surface area contributed by atoms with Gasteiger partial charge in [0.15, 0.2) is 0 Å². The second-order valence-corrected chi connectivity index (χ2v) is 3.81. The van der Waals surface area contributed by atoms with Crippen LogP contribution in [0.15, 0.2) is 0 Å². The molecule has 0 rings (SSSR count). The molecule has 0 aliphatic heterocycles. The van der Waals surface area contributed by atoms with Crippen molar-refractivity contribution in [3.05, 3.63) is 0 Å². The Morgan fingerprint density at radius 1 is 1.46 bits per heavy atom. The second kappa shape index (κ2) is 6.89. The molecule has 1 amide bonds. The summed E-state index contributed by atoms with van der Waals surface area (Å²) in [5.74, 6) is 0.809. The van der Waals surface area contributed by atoms with Gasteiger partial charge in [-0.05, 0) is 18.9 Å². The summed E-state index contributed by atoms with van der Waals surface area (Å²) in [6.45, 7) is 5.78. The molecular formula is C10H22N2O. The van der Waals surface area contributed by atoms with Gasteiger partial charge in [0.2, 0.25) is 5.91 Å². The molecule has 3 heteroatoms. The van der Waals surface area contributed by atoms with Crippen molar-refractivity contribution in [2.45, 2.75) is 26.7 Å². The molecule has 0 radical (unpaired) electrons. The summed E-state index contributed by atoms with van der Waals surface area (Å²) in [6.07, 6.45) is 2.44. The van der Waals surface area contributed by atoms with E-state index < -0.39 is 0 Å². The SMILES string of the molecule is CCCC(C)CNCC(=O)N(C)C. The van der Waals surface area contributed by atoms with Gasteiger partial charge in [0, 0.05) is 14.1 Å². The van der Waals surface area contributed by atoms with E-state index in [2.05, 4.69) is 19.2 Å². The van der Waals surface area contributed by atoms with Crippen LogP contribution in [0.1, 0.15) is 26.7 Å². The maximum atomic E-state index is 11.1. The van der Waals surface area contributed by atoms with Crippen molar-refractivity contribution in [2.75, 3.05) is 27.2 Å². The zero-order valence-electron chi connectivity index (χ0n) is 9.26. The third kappa shape index (κ3) is 6.58. The largest absolute Gasteiger partial charge is 0.348 e. The molecule has 13 heavy (non-hydrogen) atoms. The minimum atomic E-state index is 0.142. The van der Waals surface area contributed by atoms with E-state index in [4.69, 9.17) is 0 Å². The van der Waals surface area contributed by atoms with Crippen LogP contribution in [0, 0.1) is 5.92 Å². The molecule has 0 fully saturated rings. The van der Waals surface area contributed by atoms with E-state index in [1.807, 2.05) is 0 Å². The maximum absolute atomic E-state index is 11.1. The Balaban J connectivity index is 3.39. The van der Waals surface area contributed by atoms with Crippen LogP contribution >= 0.6 is 0 Å². The smallest absolute Gasteiger partial charge is 0.236 e. The Morgan fingerprint density at radius 3 is 2.54 bits per heavy atom. The quantitative estimate of drug-likeness (QED) is 0.673. The molecule has 1 N–H and O–H groups in total. The predicted octanol–water partition coefficient (Wildman–Crippen LogP) is 1.10. The Labute approximate surface area is 81.5 Å². The molecule has 0 heterocycles. The molecular weight excluding hydrogens is 164 g/mol. The van der Waals surface area contributed by atoms with Crippen LogP contribution in [0.25, 0.3) is 0 Å². The molecule has 0 aromatic heterocycles. The number of nitrogens with zero attached hydrogens (tertiary/aromatic N) is 1. The maximum Gasteiger partial charge on any atom is 0.236 e. The highest BCUT2D eigenvalue weighted by molar-refractivity contribution is 5.77. The van der Waals surface area contributed by atoms with Crippen molar-refractivity contribution in [1.82, 2.24) is 10.2 Å². The van der Waals surface area contributed by atoms with Gasteiger partial charge in [-0.3, -0.25) is 4.79 Å². The van der Waals surface area contributed by atoms with Crippen molar-refractivity contribution in [1.29, 1.82) is 0 Å². The molecule has 1 atom stereocenters. The minimum absolute atomic E-state index is 0.142. The van der Waals surface area contributed by atoms with Crippen LogP contribution in [-0.2, 0) is 4.79 Å². The first-order valence-electron chi connectivity index (χ1n) is 4.98. The molecule has 0 aliphatic rings. The van der Waals surface area contributed by atoms with Crippen LogP contribution in [0.3, 0.4) is 0 Å². The van der Waals surface area contributed by atoms with E-state index in [0.717, 1.165) is 6.54 Å². The first-order valence-corrected chi connectivity index (χ1v) is 4.98. The van der Waals surface area contributed by atoms with Crippen LogP contribution < -0.4 is 5.32 Å². The predicted molar refractivity (Wildman–Crippen MR) is 55.6 cm³/mol. The van der Waals surface area contributed by atoms with Gasteiger partial charge in [0.25, 0.3) is 0 Å². The normalized spacial score (nSPS) is 12.6. The lowest BCUT2D eigenvalue weighted by atomic mass is 10.1. The Morgan fingerprint density at radius 2 is 2.08 bits per heavy atom. The van der Waals surface area contributed by atoms with Crippen LogP contribution in [0.2, 0.25) is 0 Å². The molecule has 0 saturated heterocycles. The molecule has 78 valence electrons. The summed E-state index contributed by atoms with van der Waals surface area (Å²) in [4.78, 5) is 12.8. The Hall–Kier alpha value is -0.570. The number of carbonyl (C=O) groups excluding carboxylic acids is 1. The highest BCUT2D eigenvalue weighted by Gasteiger charge is 2.04. The van der Waals surface area contributed by atoms with Crippen LogP contribution in [0.4, 0.5) is 0 Å². The molecule has 0 aliphatic carbocycles. The molecule has 0 bridgehead atoms. The van der Waals surface area contributed by atoms with E-state index in [0.29, 0.717) is 12.5 Å². The van der Waals surface area contributed by atoms with Crippen molar-refractivity contribution in [2.24, 2.45) is 5.92 Å². The summed E-state index contributed by atoms with van der Waals surface area (Å²) < 4.78 is 0. The Bertz CT molecular complexity index is 146. The van der Waals surface area contributed by atoms with Crippen LogP contribution in [-0.4, -0.2) is 38.0 Å². The molecule has 3 nitrogen and oxygen atoms in total. The van der Waals surface area contributed by atoms with E-state index >= 15 is 0 Å². The number of hydrogen-bond donors (Lipinski definition) is 1. The second-order valence-electron chi connectivity index (χ2n) is 3.81. The van der Waals surface area contributed by atoms with Gasteiger partial charge in [0.1, 0.15) is 0 Å². The fraction of sp³-hybridized carbons (Fsp3) is 0.900. The van der Waals surface area contributed by atoms with E-state index in [1.54, 1.807) is 19.0 Å². The highest BCUT2D eigenvalue weighted by Crippen LogP contribution is 2.02. The fourth-order valence-electron chi connectivity index (χ4n) is 1.18. The topological polar surface area (TPSA) is 32.3 Å². The lowest BCUT2D eigenvalue weighted by molar-refractivity contribution is -0.127. The summed E-state index contributed by atoms with van der Waals surface area (Å²) >= 11 is 0. The molecule has 0 aromatic carbocycles. The summed E-state index contributed by atoms with van der Waals surface area (Å²) in [5, 5.41) is 3.16. The molecule has 0 saturated carbocycles. The van der Waals surface area contributed by atoms with Crippen molar-refractivity contribution < 1.29 is 4.79 Å². The van der Waals surface area contributed by atoms with Gasteiger partial charge in [0.05, 0.1) is 6.54 Å². The van der Waals surface area contributed by atoms with Crippen molar-refractivity contribution >= 4 is 5.91 Å². The van der Waals surface area contributed by atoms with Gasteiger partial charge in [-0.1, -0.05) is 20.3 Å². The number of rotatable bonds is 6. The van der Waals surface area contributed by atoms with Crippen molar-refractivity contribution in [3.63, 3.8) is 0 Å². The first-order chi connectivity index (χ1) is 6.07. The van der Waals surface area contributed by atoms with Gasteiger partial charge in [-0.2, -0.15) is 0 Å². The van der Waals surface area contributed by atoms with Gasteiger partial charge in [-0.25, -0.2) is 0 Å². The monoisotopic (exact) mass is 186 g/mol. The number of hydrogen-bond acceptors (Lipinski definition) is 2. The number of carbonyl (C=O) groups is 1. The fourth-order valence-corrected chi connectivity index (χ4v) is 1.18.